The Morgan fingerprint density at radius 3 is 2.55 bits per heavy atom. The number of hydrogen-bond donors (Lipinski definition) is 4. The fourth-order valence-corrected chi connectivity index (χ4v) is 2.24. The van der Waals surface area contributed by atoms with Crippen LogP contribution < -0.4 is 10.1 Å². The average Bonchev–Trinajstić information content (AvgIpc) is 2.50. The van der Waals surface area contributed by atoms with E-state index in [4.69, 9.17) is 9.47 Å². The van der Waals surface area contributed by atoms with E-state index in [9.17, 15) is 25.4 Å². The van der Waals surface area contributed by atoms with E-state index in [1.54, 1.807) is 6.92 Å². The lowest BCUT2D eigenvalue weighted by molar-refractivity contribution is -0.384. The standard InChI is InChI=1S/C13H18N2O7/c1-6-10(16)11(17)12(18)13(22-6)14-8-4-3-7(15(19)20)5-9(8)21-2/h3-6,10-14,16-18H,1-2H3. The van der Waals surface area contributed by atoms with Crippen LogP contribution in [-0.4, -0.2) is 58.0 Å². The Hall–Kier alpha value is -1.94. The lowest BCUT2D eigenvalue weighted by atomic mass is 9.99. The first-order chi connectivity index (χ1) is 10.3. The lowest BCUT2D eigenvalue weighted by Crippen LogP contribution is -2.58. The number of nitro groups is 1. The largest absolute Gasteiger partial charge is 0.494 e. The second-order valence-electron chi connectivity index (χ2n) is 5.02. The van der Waals surface area contributed by atoms with Gasteiger partial charge < -0.3 is 30.1 Å². The molecule has 1 heterocycles. The van der Waals surface area contributed by atoms with E-state index in [0.717, 1.165) is 0 Å². The van der Waals surface area contributed by atoms with Gasteiger partial charge in [-0.25, -0.2) is 0 Å². The summed E-state index contributed by atoms with van der Waals surface area (Å²) in [7, 11) is 1.35. The Morgan fingerprint density at radius 1 is 1.27 bits per heavy atom. The van der Waals surface area contributed by atoms with Gasteiger partial charge in [-0.05, 0) is 13.0 Å². The number of non-ortho nitro benzene ring substituents is 1. The van der Waals surface area contributed by atoms with Crippen molar-refractivity contribution in [3.05, 3.63) is 28.3 Å². The van der Waals surface area contributed by atoms with Gasteiger partial charge in [0.2, 0.25) is 0 Å². The zero-order chi connectivity index (χ0) is 16.4. The Morgan fingerprint density at radius 2 is 1.95 bits per heavy atom. The third-order valence-electron chi connectivity index (χ3n) is 3.55. The van der Waals surface area contributed by atoms with Gasteiger partial charge in [0.05, 0.1) is 29.9 Å². The molecule has 9 nitrogen and oxygen atoms in total. The number of aliphatic hydroxyl groups excluding tert-OH is 3. The number of anilines is 1. The van der Waals surface area contributed by atoms with E-state index < -0.39 is 35.6 Å². The number of ether oxygens (including phenoxy) is 2. The van der Waals surface area contributed by atoms with Crippen LogP contribution in [0, 0.1) is 10.1 Å². The number of hydrogen-bond acceptors (Lipinski definition) is 8. The number of benzene rings is 1. The van der Waals surface area contributed by atoms with Crippen molar-refractivity contribution < 1.29 is 29.7 Å². The molecular weight excluding hydrogens is 296 g/mol. The van der Waals surface area contributed by atoms with Crippen molar-refractivity contribution in [2.45, 2.75) is 37.6 Å². The molecule has 22 heavy (non-hydrogen) atoms. The highest BCUT2D eigenvalue weighted by molar-refractivity contribution is 5.61. The molecule has 5 atom stereocenters. The monoisotopic (exact) mass is 314 g/mol. The molecule has 2 rings (SSSR count). The summed E-state index contributed by atoms with van der Waals surface area (Å²) in [4.78, 5) is 10.2. The molecule has 1 saturated heterocycles. The van der Waals surface area contributed by atoms with Crippen molar-refractivity contribution in [3.63, 3.8) is 0 Å². The zero-order valence-electron chi connectivity index (χ0n) is 12.0. The highest BCUT2D eigenvalue weighted by atomic mass is 16.6. The molecule has 5 unspecified atom stereocenters. The minimum absolute atomic E-state index is 0.142. The van der Waals surface area contributed by atoms with Crippen LogP contribution >= 0.6 is 0 Å². The Bertz CT molecular complexity index is 553. The highest BCUT2D eigenvalue weighted by Crippen LogP contribution is 2.31. The van der Waals surface area contributed by atoms with Crippen LogP contribution in [0.5, 0.6) is 5.75 Å². The fraction of sp³-hybridized carbons (Fsp3) is 0.538. The lowest BCUT2D eigenvalue weighted by Gasteiger charge is -2.39. The van der Waals surface area contributed by atoms with Gasteiger partial charge in [0.15, 0.2) is 6.23 Å². The molecule has 0 amide bonds. The second kappa shape index (κ2) is 6.44. The quantitative estimate of drug-likeness (QED) is 0.445. The summed E-state index contributed by atoms with van der Waals surface area (Å²) in [6.07, 6.45) is -5.63. The number of nitrogens with zero attached hydrogens (tertiary/aromatic N) is 1. The molecule has 0 aromatic heterocycles. The van der Waals surface area contributed by atoms with Gasteiger partial charge in [-0.1, -0.05) is 0 Å². The second-order valence-corrected chi connectivity index (χ2v) is 5.02. The van der Waals surface area contributed by atoms with Crippen LogP contribution in [-0.2, 0) is 4.74 Å². The number of nitrogens with one attached hydrogen (secondary N) is 1. The van der Waals surface area contributed by atoms with Crippen LogP contribution in [0.3, 0.4) is 0 Å². The number of rotatable bonds is 4. The summed E-state index contributed by atoms with van der Waals surface area (Å²) >= 11 is 0. The molecule has 1 fully saturated rings. The highest BCUT2D eigenvalue weighted by Gasteiger charge is 2.42. The molecule has 1 aliphatic rings. The topological polar surface area (TPSA) is 134 Å². The van der Waals surface area contributed by atoms with E-state index in [2.05, 4.69) is 5.32 Å². The predicted octanol–water partition coefficient (Wildman–Crippen LogP) is -0.157. The summed E-state index contributed by atoms with van der Waals surface area (Å²) in [5.41, 5.74) is 0.212. The SMILES string of the molecule is COc1cc([N+](=O)[O-])ccc1NC1OC(C)C(O)C(O)C1O. The van der Waals surface area contributed by atoms with Gasteiger partial charge in [-0.15, -0.1) is 0 Å². The van der Waals surface area contributed by atoms with Crippen molar-refractivity contribution in [3.8, 4) is 5.75 Å². The van der Waals surface area contributed by atoms with Crippen molar-refractivity contribution in [1.29, 1.82) is 0 Å². The van der Waals surface area contributed by atoms with Crippen LogP contribution in [0.4, 0.5) is 11.4 Å². The number of nitro benzene ring substituents is 1. The van der Waals surface area contributed by atoms with E-state index in [1.807, 2.05) is 0 Å². The first-order valence-electron chi connectivity index (χ1n) is 6.63. The first-order valence-corrected chi connectivity index (χ1v) is 6.63. The smallest absolute Gasteiger partial charge is 0.273 e. The van der Waals surface area contributed by atoms with Crippen molar-refractivity contribution >= 4 is 11.4 Å². The van der Waals surface area contributed by atoms with Crippen LogP contribution in [0.1, 0.15) is 6.92 Å². The predicted molar refractivity (Wildman–Crippen MR) is 75.6 cm³/mol. The molecule has 0 radical (unpaired) electrons. The maximum atomic E-state index is 10.7. The molecule has 4 N–H and O–H groups in total. The third-order valence-corrected chi connectivity index (χ3v) is 3.55. The average molecular weight is 314 g/mol. The van der Waals surface area contributed by atoms with Crippen LogP contribution in [0.2, 0.25) is 0 Å². The van der Waals surface area contributed by atoms with Gasteiger partial charge in [-0.2, -0.15) is 0 Å². The maximum Gasteiger partial charge on any atom is 0.273 e. The van der Waals surface area contributed by atoms with E-state index >= 15 is 0 Å². The van der Waals surface area contributed by atoms with Gasteiger partial charge in [0, 0.05) is 6.07 Å². The molecule has 1 aliphatic heterocycles. The fourth-order valence-electron chi connectivity index (χ4n) is 2.24. The molecule has 0 aliphatic carbocycles. The van der Waals surface area contributed by atoms with E-state index in [0.29, 0.717) is 5.69 Å². The normalized spacial score (nSPS) is 31.6. The summed E-state index contributed by atoms with van der Waals surface area (Å²) in [5, 5.41) is 42.9. The Kier molecular flexibility index (Phi) is 4.81. The molecule has 0 bridgehead atoms. The summed E-state index contributed by atoms with van der Waals surface area (Å²) in [6.45, 7) is 1.56. The molecule has 0 spiro atoms. The Labute approximate surface area is 126 Å². The first kappa shape index (κ1) is 16.4. The van der Waals surface area contributed by atoms with Crippen LogP contribution in [0.15, 0.2) is 18.2 Å². The molecule has 0 saturated carbocycles. The zero-order valence-corrected chi connectivity index (χ0v) is 12.0. The van der Waals surface area contributed by atoms with Gasteiger partial charge in [-0.3, -0.25) is 10.1 Å². The van der Waals surface area contributed by atoms with Gasteiger partial charge >= 0.3 is 0 Å². The van der Waals surface area contributed by atoms with Gasteiger partial charge in [0.25, 0.3) is 5.69 Å². The van der Waals surface area contributed by atoms with Crippen molar-refractivity contribution in [2.24, 2.45) is 0 Å². The van der Waals surface area contributed by atoms with Crippen molar-refractivity contribution in [1.82, 2.24) is 0 Å². The molecule has 122 valence electrons. The van der Waals surface area contributed by atoms with Gasteiger partial charge in [0.1, 0.15) is 24.1 Å². The molecule has 9 heteroatoms. The third kappa shape index (κ3) is 3.12. The minimum atomic E-state index is -1.37. The van der Waals surface area contributed by atoms with Crippen LogP contribution in [0.25, 0.3) is 0 Å². The van der Waals surface area contributed by atoms with E-state index in [1.165, 1.54) is 25.3 Å². The molecular formula is C13H18N2O7. The van der Waals surface area contributed by atoms with E-state index in [-0.39, 0.29) is 11.4 Å². The summed E-state index contributed by atoms with van der Waals surface area (Å²) < 4.78 is 10.5. The summed E-state index contributed by atoms with van der Waals surface area (Å²) in [5.74, 6) is 0.193. The molecule has 1 aromatic carbocycles. The maximum absolute atomic E-state index is 10.7. The Balaban J connectivity index is 2.21. The number of methoxy groups -OCH3 is 1. The summed E-state index contributed by atoms with van der Waals surface area (Å²) in [6, 6.07) is 3.91. The number of aliphatic hydroxyl groups is 3. The van der Waals surface area contributed by atoms with Crippen molar-refractivity contribution in [2.75, 3.05) is 12.4 Å². The minimum Gasteiger partial charge on any atom is -0.494 e. The molecule has 1 aromatic rings.